The van der Waals surface area contributed by atoms with Gasteiger partial charge in [-0.05, 0) is 31.4 Å². The molecule has 7 nitrogen and oxygen atoms in total. The van der Waals surface area contributed by atoms with Crippen LogP contribution in [0.25, 0.3) is 0 Å². The average Bonchev–Trinajstić information content (AvgIpc) is 3.17. The molecule has 4 heterocycles. The largest absolute Gasteiger partial charge is 0.377 e. The van der Waals surface area contributed by atoms with Crippen molar-refractivity contribution >= 4 is 5.95 Å². The van der Waals surface area contributed by atoms with Crippen LogP contribution < -0.4 is 4.90 Å². The van der Waals surface area contributed by atoms with Crippen LogP contribution in [0.3, 0.4) is 0 Å². The molecule has 0 radical (unpaired) electrons. The van der Waals surface area contributed by atoms with Gasteiger partial charge in [0.05, 0.1) is 32.4 Å². The average molecular weight is 329 g/mol. The molecule has 2 saturated heterocycles. The second kappa shape index (κ2) is 6.49. The maximum Gasteiger partial charge on any atom is 0.225 e. The van der Waals surface area contributed by atoms with Crippen molar-refractivity contribution in [1.82, 2.24) is 19.7 Å². The molecule has 2 aromatic rings. The van der Waals surface area contributed by atoms with E-state index in [-0.39, 0.29) is 11.7 Å². The van der Waals surface area contributed by atoms with Crippen LogP contribution in [0.5, 0.6) is 0 Å². The summed E-state index contributed by atoms with van der Waals surface area (Å²) in [5.41, 5.74) is 0.790. The first-order chi connectivity index (χ1) is 11.7. The quantitative estimate of drug-likeness (QED) is 0.849. The fraction of sp³-hybridized carbons (Fsp3) is 0.588. The molecule has 2 fully saturated rings. The van der Waals surface area contributed by atoms with Crippen molar-refractivity contribution in [2.75, 3.05) is 31.2 Å². The monoisotopic (exact) mass is 329 g/mol. The number of hydrogen-bond donors (Lipinski definition) is 0. The van der Waals surface area contributed by atoms with Gasteiger partial charge in [0.2, 0.25) is 5.95 Å². The van der Waals surface area contributed by atoms with Crippen molar-refractivity contribution in [3.63, 3.8) is 0 Å². The predicted octanol–water partition coefficient (Wildman–Crippen LogP) is 1.44. The fourth-order valence-electron chi connectivity index (χ4n) is 3.49. The lowest BCUT2D eigenvalue weighted by Gasteiger charge is -2.32. The molecule has 0 N–H and O–H groups in total. The molecule has 2 aliphatic rings. The normalized spacial score (nSPS) is 27.5. The second-order valence-corrected chi connectivity index (χ2v) is 6.72. The van der Waals surface area contributed by atoms with Gasteiger partial charge >= 0.3 is 0 Å². The molecule has 0 amide bonds. The lowest BCUT2D eigenvalue weighted by molar-refractivity contribution is -0.0807. The van der Waals surface area contributed by atoms with E-state index < -0.39 is 0 Å². The summed E-state index contributed by atoms with van der Waals surface area (Å²) in [6.45, 7) is 5.65. The molecule has 7 heteroatoms. The van der Waals surface area contributed by atoms with Crippen molar-refractivity contribution in [2.24, 2.45) is 0 Å². The maximum absolute atomic E-state index is 6.44. The summed E-state index contributed by atoms with van der Waals surface area (Å²) in [5, 5.41) is 4.28. The molecule has 0 saturated carbocycles. The van der Waals surface area contributed by atoms with E-state index in [1.54, 1.807) is 6.20 Å². The van der Waals surface area contributed by atoms with Gasteiger partial charge < -0.3 is 14.4 Å². The SMILES string of the molecule is Cc1cnc(N2CCOC[C@@]3(CC[C@H](Cn4cccn4)O3)C2)nc1. The van der Waals surface area contributed by atoms with Gasteiger partial charge in [-0.15, -0.1) is 0 Å². The first-order valence-electron chi connectivity index (χ1n) is 8.49. The first-order valence-corrected chi connectivity index (χ1v) is 8.49. The zero-order chi connectivity index (χ0) is 16.4. The number of aromatic nitrogens is 4. The molecule has 24 heavy (non-hydrogen) atoms. The Kier molecular flexibility index (Phi) is 4.20. The van der Waals surface area contributed by atoms with Crippen molar-refractivity contribution < 1.29 is 9.47 Å². The zero-order valence-electron chi connectivity index (χ0n) is 14.0. The number of aryl methyl sites for hydroxylation is 1. The summed E-state index contributed by atoms with van der Waals surface area (Å²) in [6, 6.07) is 1.94. The molecule has 2 atom stereocenters. The smallest absolute Gasteiger partial charge is 0.225 e. The predicted molar refractivity (Wildman–Crippen MR) is 88.9 cm³/mol. The van der Waals surface area contributed by atoms with Crippen LogP contribution in [-0.4, -0.2) is 57.8 Å². The molecule has 0 aliphatic carbocycles. The number of nitrogens with zero attached hydrogens (tertiary/aromatic N) is 5. The number of anilines is 1. The van der Waals surface area contributed by atoms with E-state index in [2.05, 4.69) is 20.0 Å². The Morgan fingerprint density at radius 3 is 3.00 bits per heavy atom. The summed E-state index contributed by atoms with van der Waals surface area (Å²) in [6.07, 6.45) is 9.67. The molecule has 0 aromatic carbocycles. The van der Waals surface area contributed by atoms with E-state index in [1.807, 2.05) is 36.3 Å². The minimum absolute atomic E-state index is 0.174. The number of ether oxygens (including phenoxy) is 2. The van der Waals surface area contributed by atoms with Crippen LogP contribution in [-0.2, 0) is 16.0 Å². The minimum Gasteiger partial charge on any atom is -0.377 e. The van der Waals surface area contributed by atoms with Gasteiger partial charge in [0, 0.05) is 31.3 Å². The molecule has 2 aliphatic heterocycles. The fourth-order valence-corrected chi connectivity index (χ4v) is 3.49. The van der Waals surface area contributed by atoms with Crippen LogP contribution in [0, 0.1) is 6.92 Å². The van der Waals surface area contributed by atoms with Crippen molar-refractivity contribution in [3.8, 4) is 0 Å². The van der Waals surface area contributed by atoms with Gasteiger partial charge in [-0.25, -0.2) is 9.97 Å². The molecule has 1 spiro atoms. The third kappa shape index (κ3) is 3.27. The Morgan fingerprint density at radius 2 is 2.21 bits per heavy atom. The molecule has 0 bridgehead atoms. The Hall–Kier alpha value is -1.99. The highest BCUT2D eigenvalue weighted by atomic mass is 16.6. The molecular weight excluding hydrogens is 306 g/mol. The van der Waals surface area contributed by atoms with Crippen molar-refractivity contribution in [1.29, 1.82) is 0 Å². The van der Waals surface area contributed by atoms with Crippen LogP contribution in [0.15, 0.2) is 30.9 Å². The lowest BCUT2D eigenvalue weighted by Crippen LogP contribution is -2.45. The van der Waals surface area contributed by atoms with E-state index in [0.29, 0.717) is 13.2 Å². The van der Waals surface area contributed by atoms with Crippen LogP contribution >= 0.6 is 0 Å². The molecule has 128 valence electrons. The topological polar surface area (TPSA) is 65.3 Å². The summed E-state index contributed by atoms with van der Waals surface area (Å²) in [5.74, 6) is 0.754. The highest BCUT2D eigenvalue weighted by Gasteiger charge is 2.43. The lowest BCUT2D eigenvalue weighted by atomic mass is 10.0. The summed E-state index contributed by atoms with van der Waals surface area (Å²) in [7, 11) is 0. The molecule has 4 rings (SSSR count). The van der Waals surface area contributed by atoms with E-state index >= 15 is 0 Å². The second-order valence-electron chi connectivity index (χ2n) is 6.72. The van der Waals surface area contributed by atoms with Gasteiger partial charge in [-0.1, -0.05) is 0 Å². The first kappa shape index (κ1) is 15.5. The number of rotatable bonds is 3. The summed E-state index contributed by atoms with van der Waals surface area (Å²) < 4.78 is 14.2. The van der Waals surface area contributed by atoms with Gasteiger partial charge in [-0.3, -0.25) is 4.68 Å². The van der Waals surface area contributed by atoms with Crippen LogP contribution in [0.1, 0.15) is 18.4 Å². The highest BCUT2D eigenvalue weighted by molar-refractivity contribution is 5.31. The van der Waals surface area contributed by atoms with E-state index in [9.17, 15) is 0 Å². The van der Waals surface area contributed by atoms with Gasteiger partial charge in [-0.2, -0.15) is 5.10 Å². The Bertz CT molecular complexity index is 660. The zero-order valence-corrected chi connectivity index (χ0v) is 14.0. The van der Waals surface area contributed by atoms with E-state index in [4.69, 9.17) is 9.47 Å². The molecular formula is C17H23N5O2. The van der Waals surface area contributed by atoms with Gasteiger partial charge in [0.15, 0.2) is 0 Å². The van der Waals surface area contributed by atoms with Crippen LogP contribution in [0.4, 0.5) is 5.95 Å². The maximum atomic E-state index is 6.44. The Morgan fingerprint density at radius 1 is 1.33 bits per heavy atom. The Labute approximate surface area is 141 Å². The molecule has 2 aromatic heterocycles. The third-order valence-corrected chi connectivity index (χ3v) is 4.69. The molecule has 0 unspecified atom stereocenters. The van der Waals surface area contributed by atoms with E-state index in [0.717, 1.165) is 44.0 Å². The standard InChI is InChI=1S/C17H23N5O2/c1-14-9-18-16(19-10-14)21-7-8-23-13-17(12-21)4-3-15(24-17)11-22-6-2-5-20-22/h2,5-6,9-10,15H,3-4,7-8,11-13H2,1H3/t15-,17-/m1/s1. The van der Waals surface area contributed by atoms with E-state index in [1.165, 1.54) is 0 Å². The third-order valence-electron chi connectivity index (χ3n) is 4.69. The minimum atomic E-state index is -0.275. The van der Waals surface area contributed by atoms with Gasteiger partial charge in [0.25, 0.3) is 0 Å². The van der Waals surface area contributed by atoms with Crippen LogP contribution in [0.2, 0.25) is 0 Å². The number of hydrogen-bond acceptors (Lipinski definition) is 6. The van der Waals surface area contributed by atoms with Gasteiger partial charge in [0.1, 0.15) is 5.60 Å². The van der Waals surface area contributed by atoms with Crippen molar-refractivity contribution in [2.45, 2.75) is 38.0 Å². The highest BCUT2D eigenvalue weighted by Crippen LogP contribution is 2.34. The Balaban J connectivity index is 1.47. The summed E-state index contributed by atoms with van der Waals surface area (Å²) in [4.78, 5) is 11.1. The summed E-state index contributed by atoms with van der Waals surface area (Å²) >= 11 is 0. The van der Waals surface area contributed by atoms with Crippen molar-refractivity contribution in [3.05, 3.63) is 36.4 Å².